The molecule has 2 amide bonds. The molecule has 0 aliphatic carbocycles. The highest BCUT2D eigenvalue weighted by Gasteiger charge is 2.25. The van der Waals surface area contributed by atoms with Crippen molar-refractivity contribution in [2.24, 2.45) is 5.92 Å². The summed E-state index contributed by atoms with van der Waals surface area (Å²) in [6.07, 6.45) is 4.05. The van der Waals surface area contributed by atoms with Crippen LogP contribution in [-0.2, 0) is 16.0 Å². The van der Waals surface area contributed by atoms with Crippen LogP contribution in [0.5, 0.6) is 0 Å². The number of halogens is 1. The third kappa shape index (κ3) is 4.08. The van der Waals surface area contributed by atoms with Crippen molar-refractivity contribution in [3.8, 4) is 0 Å². The summed E-state index contributed by atoms with van der Waals surface area (Å²) in [6, 6.07) is 5.92. The average Bonchev–Trinajstić information content (AvgIpc) is 2.58. The van der Waals surface area contributed by atoms with Crippen molar-refractivity contribution in [1.29, 1.82) is 0 Å². The van der Waals surface area contributed by atoms with Crippen molar-refractivity contribution < 1.29 is 9.59 Å². The van der Waals surface area contributed by atoms with Crippen molar-refractivity contribution in [3.63, 3.8) is 0 Å². The standard InChI is InChI=1S/C18H25N3O2.ClH/c1-2-11-21-16-5-4-15(12-14(16)3-6-17(21)22)20-18(23)13-7-9-19-10-8-13;/h4-5,12-13,19H,2-3,6-11H2,1H3,(H,20,23);1H. The highest BCUT2D eigenvalue weighted by atomic mass is 35.5. The number of fused-ring (bicyclic) bond motifs is 1. The monoisotopic (exact) mass is 351 g/mol. The van der Waals surface area contributed by atoms with Crippen LogP contribution in [0.3, 0.4) is 0 Å². The fourth-order valence-electron chi connectivity index (χ4n) is 3.43. The highest BCUT2D eigenvalue weighted by molar-refractivity contribution is 5.98. The Balaban J connectivity index is 0.00000208. The molecule has 24 heavy (non-hydrogen) atoms. The molecule has 0 bridgehead atoms. The number of nitrogens with one attached hydrogen (secondary N) is 2. The zero-order valence-electron chi connectivity index (χ0n) is 14.1. The molecule has 6 heteroatoms. The number of benzene rings is 1. The number of piperidine rings is 1. The Kier molecular flexibility index (Phi) is 6.63. The lowest BCUT2D eigenvalue weighted by Crippen LogP contribution is -2.36. The maximum absolute atomic E-state index is 12.4. The van der Waals surface area contributed by atoms with Gasteiger partial charge < -0.3 is 15.5 Å². The van der Waals surface area contributed by atoms with E-state index in [9.17, 15) is 9.59 Å². The van der Waals surface area contributed by atoms with E-state index in [2.05, 4.69) is 17.6 Å². The van der Waals surface area contributed by atoms with E-state index in [-0.39, 0.29) is 30.1 Å². The van der Waals surface area contributed by atoms with Gasteiger partial charge in [0.05, 0.1) is 0 Å². The molecule has 0 saturated carbocycles. The lowest BCUT2D eigenvalue weighted by molar-refractivity contribution is -0.120. The number of hydrogen-bond donors (Lipinski definition) is 2. The van der Waals surface area contributed by atoms with E-state index >= 15 is 0 Å². The van der Waals surface area contributed by atoms with E-state index in [1.807, 2.05) is 23.1 Å². The summed E-state index contributed by atoms with van der Waals surface area (Å²) in [5.41, 5.74) is 3.00. The van der Waals surface area contributed by atoms with Crippen LogP contribution in [0.4, 0.5) is 11.4 Å². The third-order valence-corrected chi connectivity index (χ3v) is 4.70. The molecule has 0 unspecified atom stereocenters. The van der Waals surface area contributed by atoms with Gasteiger partial charge in [-0.1, -0.05) is 6.92 Å². The first-order valence-corrected chi connectivity index (χ1v) is 8.64. The van der Waals surface area contributed by atoms with Crippen molar-refractivity contribution in [3.05, 3.63) is 23.8 Å². The zero-order valence-corrected chi connectivity index (χ0v) is 15.0. The van der Waals surface area contributed by atoms with Gasteiger partial charge in [0, 0.05) is 30.3 Å². The lowest BCUT2D eigenvalue weighted by atomic mass is 9.96. The molecule has 0 radical (unpaired) electrons. The topological polar surface area (TPSA) is 61.4 Å². The maximum atomic E-state index is 12.4. The minimum Gasteiger partial charge on any atom is -0.326 e. The first-order chi connectivity index (χ1) is 11.2. The van der Waals surface area contributed by atoms with Gasteiger partial charge in [0.1, 0.15) is 0 Å². The molecule has 132 valence electrons. The van der Waals surface area contributed by atoms with E-state index in [0.29, 0.717) is 6.42 Å². The maximum Gasteiger partial charge on any atom is 0.227 e. The highest BCUT2D eigenvalue weighted by Crippen LogP contribution is 2.30. The molecule has 1 aromatic rings. The van der Waals surface area contributed by atoms with Gasteiger partial charge in [-0.25, -0.2) is 0 Å². The molecule has 5 nitrogen and oxygen atoms in total. The fourth-order valence-corrected chi connectivity index (χ4v) is 3.43. The van der Waals surface area contributed by atoms with Crippen molar-refractivity contribution in [1.82, 2.24) is 5.32 Å². The second kappa shape index (κ2) is 8.49. The van der Waals surface area contributed by atoms with Crippen molar-refractivity contribution in [2.45, 2.75) is 39.0 Å². The molecule has 0 atom stereocenters. The number of rotatable bonds is 4. The van der Waals surface area contributed by atoms with Gasteiger partial charge in [-0.05, 0) is 62.5 Å². The van der Waals surface area contributed by atoms with Gasteiger partial charge in [0.15, 0.2) is 0 Å². The van der Waals surface area contributed by atoms with Crippen molar-refractivity contribution >= 4 is 35.6 Å². The minimum atomic E-state index is 0. The summed E-state index contributed by atoms with van der Waals surface area (Å²) in [5, 5.41) is 6.33. The fraction of sp³-hybridized carbons (Fsp3) is 0.556. The molecule has 0 spiro atoms. The predicted molar refractivity (Wildman–Crippen MR) is 98.9 cm³/mol. The SMILES string of the molecule is CCCN1C(=O)CCc2cc(NC(=O)C3CCNCC3)ccc21.Cl. The summed E-state index contributed by atoms with van der Waals surface area (Å²) < 4.78 is 0. The van der Waals surface area contributed by atoms with Gasteiger partial charge in [0.25, 0.3) is 0 Å². The molecule has 1 aromatic carbocycles. The summed E-state index contributed by atoms with van der Waals surface area (Å²) >= 11 is 0. The van der Waals surface area contributed by atoms with Crippen LogP contribution in [-0.4, -0.2) is 31.4 Å². The molecule has 1 fully saturated rings. The first kappa shape index (κ1) is 18.7. The Labute approximate surface area is 149 Å². The Morgan fingerprint density at radius 1 is 1.29 bits per heavy atom. The quantitative estimate of drug-likeness (QED) is 0.876. The number of nitrogens with zero attached hydrogens (tertiary/aromatic N) is 1. The summed E-state index contributed by atoms with van der Waals surface area (Å²) in [7, 11) is 0. The van der Waals surface area contributed by atoms with Gasteiger partial charge in [-0.3, -0.25) is 9.59 Å². The second-order valence-corrected chi connectivity index (χ2v) is 6.40. The Morgan fingerprint density at radius 3 is 2.75 bits per heavy atom. The molecular formula is C18H26ClN3O2. The molecule has 2 heterocycles. The number of hydrogen-bond acceptors (Lipinski definition) is 3. The molecule has 2 aliphatic rings. The number of amides is 2. The van der Waals surface area contributed by atoms with E-state index in [1.165, 1.54) is 0 Å². The smallest absolute Gasteiger partial charge is 0.227 e. The summed E-state index contributed by atoms with van der Waals surface area (Å²) in [4.78, 5) is 26.3. The zero-order chi connectivity index (χ0) is 16.2. The normalized spacial score (nSPS) is 17.9. The van der Waals surface area contributed by atoms with E-state index in [0.717, 1.165) is 62.3 Å². The first-order valence-electron chi connectivity index (χ1n) is 8.64. The van der Waals surface area contributed by atoms with Crippen molar-refractivity contribution in [2.75, 3.05) is 29.9 Å². The van der Waals surface area contributed by atoms with Crippen LogP contribution in [0.15, 0.2) is 18.2 Å². The van der Waals surface area contributed by atoms with Gasteiger partial charge in [-0.2, -0.15) is 0 Å². The second-order valence-electron chi connectivity index (χ2n) is 6.40. The van der Waals surface area contributed by atoms with E-state index in [1.54, 1.807) is 0 Å². The van der Waals surface area contributed by atoms with Gasteiger partial charge in [0.2, 0.25) is 11.8 Å². The van der Waals surface area contributed by atoms with E-state index in [4.69, 9.17) is 0 Å². The number of carbonyl (C=O) groups excluding carboxylic acids is 2. The van der Waals surface area contributed by atoms with Crippen LogP contribution in [0, 0.1) is 5.92 Å². The summed E-state index contributed by atoms with van der Waals surface area (Å²) in [6.45, 7) is 4.66. The molecule has 1 saturated heterocycles. The van der Waals surface area contributed by atoms with Crippen LogP contribution >= 0.6 is 12.4 Å². The molecule has 3 rings (SSSR count). The van der Waals surface area contributed by atoms with Crippen LogP contribution in [0.2, 0.25) is 0 Å². The van der Waals surface area contributed by atoms with Crippen LogP contribution in [0.25, 0.3) is 0 Å². The minimum absolute atomic E-state index is 0. The molecular weight excluding hydrogens is 326 g/mol. The predicted octanol–water partition coefficient (Wildman–Crippen LogP) is 2.74. The van der Waals surface area contributed by atoms with Crippen LogP contribution in [0.1, 0.15) is 38.2 Å². The van der Waals surface area contributed by atoms with Gasteiger partial charge >= 0.3 is 0 Å². The third-order valence-electron chi connectivity index (χ3n) is 4.70. The van der Waals surface area contributed by atoms with Gasteiger partial charge in [-0.15, -0.1) is 12.4 Å². The Hall–Kier alpha value is -1.59. The summed E-state index contributed by atoms with van der Waals surface area (Å²) in [5.74, 6) is 0.417. The number of aryl methyl sites for hydroxylation is 1. The Morgan fingerprint density at radius 2 is 2.04 bits per heavy atom. The van der Waals surface area contributed by atoms with Crippen LogP contribution < -0.4 is 15.5 Å². The Bertz CT molecular complexity index is 600. The molecule has 2 aliphatic heterocycles. The number of carbonyl (C=O) groups is 2. The number of anilines is 2. The lowest BCUT2D eigenvalue weighted by Gasteiger charge is -2.29. The largest absolute Gasteiger partial charge is 0.326 e. The molecule has 2 N–H and O–H groups in total. The molecule has 0 aromatic heterocycles. The van der Waals surface area contributed by atoms with E-state index < -0.39 is 0 Å². The average molecular weight is 352 g/mol.